The van der Waals surface area contributed by atoms with E-state index in [1.807, 2.05) is 44.4 Å². The number of hydrogen-bond donors (Lipinski definition) is 1. The summed E-state index contributed by atoms with van der Waals surface area (Å²) in [7, 11) is 0. The van der Waals surface area contributed by atoms with E-state index < -0.39 is 0 Å². The Bertz CT molecular complexity index is 661. The minimum Gasteiger partial charge on any atom is -0.335 e. The van der Waals surface area contributed by atoms with Crippen LogP contribution in [-0.4, -0.2) is 44.5 Å². The molecule has 1 unspecified atom stereocenters. The summed E-state index contributed by atoms with van der Waals surface area (Å²) < 4.78 is 2.22. The topological polar surface area (TPSA) is 63.1 Å². The van der Waals surface area contributed by atoms with Crippen LogP contribution < -0.4 is 5.32 Å². The number of imidazole rings is 1. The normalized spacial score (nSPS) is 17.6. The zero-order valence-corrected chi connectivity index (χ0v) is 14.4. The van der Waals surface area contributed by atoms with Crippen LogP contribution in [0.5, 0.6) is 0 Å². The van der Waals surface area contributed by atoms with Crippen LogP contribution in [0.15, 0.2) is 36.8 Å². The highest BCUT2D eigenvalue weighted by atomic mass is 16.2. The zero-order chi connectivity index (χ0) is 16.9. The standard InChI is InChI=1S/C18H25N5O/c1-14(18(24)21-17-5-3-4-8-20-17)22-10-6-16(7-11-22)13-23-12-9-19-15(23)2/h3-5,8-9,12,14,16H,6-7,10-11,13H2,1-2H3,(H,20,21,24). The fourth-order valence-electron chi connectivity index (χ4n) is 3.23. The Morgan fingerprint density at radius 1 is 1.29 bits per heavy atom. The predicted molar refractivity (Wildman–Crippen MR) is 93.6 cm³/mol. The average Bonchev–Trinajstić information content (AvgIpc) is 3.00. The molecule has 1 atom stereocenters. The molecule has 3 rings (SSSR count). The predicted octanol–water partition coefficient (Wildman–Crippen LogP) is 2.33. The van der Waals surface area contributed by atoms with Gasteiger partial charge in [-0.25, -0.2) is 9.97 Å². The van der Waals surface area contributed by atoms with Crippen LogP contribution in [0.25, 0.3) is 0 Å². The van der Waals surface area contributed by atoms with Crippen molar-refractivity contribution in [1.29, 1.82) is 0 Å². The summed E-state index contributed by atoms with van der Waals surface area (Å²) in [5.74, 6) is 2.35. The van der Waals surface area contributed by atoms with Crippen LogP contribution in [0, 0.1) is 12.8 Å². The van der Waals surface area contributed by atoms with Crippen molar-refractivity contribution in [3.8, 4) is 0 Å². The first kappa shape index (κ1) is 16.6. The third-order valence-corrected chi connectivity index (χ3v) is 4.87. The number of anilines is 1. The number of likely N-dealkylation sites (tertiary alicyclic amines) is 1. The maximum Gasteiger partial charge on any atom is 0.242 e. The molecule has 0 bridgehead atoms. The Morgan fingerprint density at radius 2 is 2.08 bits per heavy atom. The molecule has 1 aliphatic rings. The number of nitrogens with zero attached hydrogens (tertiary/aromatic N) is 4. The van der Waals surface area contributed by atoms with Crippen molar-refractivity contribution in [3.05, 3.63) is 42.6 Å². The highest BCUT2D eigenvalue weighted by Gasteiger charge is 2.27. The third-order valence-electron chi connectivity index (χ3n) is 4.87. The van der Waals surface area contributed by atoms with E-state index in [9.17, 15) is 4.79 Å². The van der Waals surface area contributed by atoms with Crippen molar-refractivity contribution in [2.75, 3.05) is 18.4 Å². The minimum atomic E-state index is -0.136. The summed E-state index contributed by atoms with van der Waals surface area (Å²) in [4.78, 5) is 23.1. The van der Waals surface area contributed by atoms with Crippen LogP contribution in [0.3, 0.4) is 0 Å². The number of piperidine rings is 1. The molecule has 128 valence electrons. The molecule has 3 heterocycles. The molecule has 0 radical (unpaired) electrons. The van der Waals surface area contributed by atoms with Crippen molar-refractivity contribution in [2.24, 2.45) is 5.92 Å². The van der Waals surface area contributed by atoms with Crippen LogP contribution in [-0.2, 0) is 11.3 Å². The van der Waals surface area contributed by atoms with E-state index in [2.05, 4.69) is 24.8 Å². The molecule has 1 saturated heterocycles. The van der Waals surface area contributed by atoms with Crippen LogP contribution in [0.2, 0.25) is 0 Å². The molecule has 2 aromatic rings. The van der Waals surface area contributed by atoms with E-state index in [0.717, 1.165) is 38.3 Å². The molecule has 0 spiro atoms. The van der Waals surface area contributed by atoms with Crippen molar-refractivity contribution in [3.63, 3.8) is 0 Å². The highest BCUT2D eigenvalue weighted by Crippen LogP contribution is 2.21. The van der Waals surface area contributed by atoms with E-state index in [4.69, 9.17) is 0 Å². The van der Waals surface area contributed by atoms with E-state index in [1.54, 1.807) is 6.20 Å². The Balaban J connectivity index is 1.48. The second kappa shape index (κ2) is 7.57. The zero-order valence-electron chi connectivity index (χ0n) is 14.4. The van der Waals surface area contributed by atoms with Crippen molar-refractivity contribution in [2.45, 2.75) is 39.3 Å². The second-order valence-corrected chi connectivity index (χ2v) is 6.49. The van der Waals surface area contributed by atoms with Gasteiger partial charge in [0.25, 0.3) is 0 Å². The first-order chi connectivity index (χ1) is 11.6. The molecule has 1 aliphatic heterocycles. The number of amides is 1. The molecule has 6 nitrogen and oxygen atoms in total. The summed E-state index contributed by atoms with van der Waals surface area (Å²) in [6, 6.07) is 5.38. The SMILES string of the molecule is Cc1nccn1CC1CCN(C(C)C(=O)Nc2ccccn2)CC1. The largest absolute Gasteiger partial charge is 0.335 e. The maximum atomic E-state index is 12.4. The van der Waals surface area contributed by atoms with Gasteiger partial charge >= 0.3 is 0 Å². The van der Waals surface area contributed by atoms with Gasteiger partial charge in [-0.15, -0.1) is 0 Å². The number of carbonyl (C=O) groups is 1. The Morgan fingerprint density at radius 3 is 2.71 bits per heavy atom. The van der Waals surface area contributed by atoms with E-state index in [1.165, 1.54) is 0 Å². The number of carbonyl (C=O) groups excluding carboxylic acids is 1. The molecule has 1 N–H and O–H groups in total. The third kappa shape index (κ3) is 4.00. The fraction of sp³-hybridized carbons (Fsp3) is 0.500. The summed E-state index contributed by atoms with van der Waals surface area (Å²) in [5.41, 5.74) is 0. The molecule has 0 aromatic carbocycles. The monoisotopic (exact) mass is 327 g/mol. The summed E-state index contributed by atoms with van der Waals surface area (Å²) in [6.07, 6.45) is 7.81. The molecular formula is C18H25N5O. The lowest BCUT2D eigenvalue weighted by Crippen LogP contribution is -2.46. The number of hydrogen-bond acceptors (Lipinski definition) is 4. The van der Waals surface area contributed by atoms with Gasteiger partial charge in [0.1, 0.15) is 11.6 Å². The molecule has 2 aromatic heterocycles. The quantitative estimate of drug-likeness (QED) is 0.915. The van der Waals surface area contributed by atoms with Crippen molar-refractivity contribution < 1.29 is 4.79 Å². The summed E-state index contributed by atoms with van der Waals surface area (Å²) in [5, 5.41) is 2.89. The number of aromatic nitrogens is 3. The van der Waals surface area contributed by atoms with E-state index in [0.29, 0.717) is 11.7 Å². The van der Waals surface area contributed by atoms with Gasteiger partial charge in [0.05, 0.1) is 6.04 Å². The van der Waals surface area contributed by atoms with Crippen LogP contribution in [0.4, 0.5) is 5.82 Å². The molecule has 1 fully saturated rings. The van der Waals surface area contributed by atoms with Crippen molar-refractivity contribution >= 4 is 11.7 Å². The van der Waals surface area contributed by atoms with Gasteiger partial charge in [0.2, 0.25) is 5.91 Å². The number of aryl methyl sites for hydroxylation is 1. The Kier molecular flexibility index (Phi) is 5.25. The molecule has 6 heteroatoms. The number of nitrogens with one attached hydrogen (secondary N) is 1. The van der Waals surface area contributed by atoms with Crippen LogP contribution in [0.1, 0.15) is 25.6 Å². The minimum absolute atomic E-state index is 0.0117. The smallest absolute Gasteiger partial charge is 0.242 e. The molecule has 0 aliphatic carbocycles. The summed E-state index contributed by atoms with van der Waals surface area (Å²) in [6.45, 7) is 6.94. The van der Waals surface area contributed by atoms with E-state index >= 15 is 0 Å². The maximum absolute atomic E-state index is 12.4. The average molecular weight is 327 g/mol. The highest BCUT2D eigenvalue weighted by molar-refractivity contribution is 5.93. The van der Waals surface area contributed by atoms with Gasteiger partial charge in [-0.3, -0.25) is 9.69 Å². The second-order valence-electron chi connectivity index (χ2n) is 6.49. The lowest BCUT2D eigenvalue weighted by Gasteiger charge is -2.35. The van der Waals surface area contributed by atoms with Gasteiger partial charge in [0.15, 0.2) is 0 Å². The number of pyridine rings is 1. The summed E-state index contributed by atoms with van der Waals surface area (Å²) >= 11 is 0. The fourth-order valence-corrected chi connectivity index (χ4v) is 3.23. The molecule has 1 amide bonds. The van der Waals surface area contributed by atoms with E-state index in [-0.39, 0.29) is 11.9 Å². The van der Waals surface area contributed by atoms with Gasteiger partial charge in [-0.2, -0.15) is 0 Å². The Labute approximate surface area is 142 Å². The molecule has 0 saturated carbocycles. The first-order valence-corrected chi connectivity index (χ1v) is 8.57. The lowest BCUT2D eigenvalue weighted by atomic mass is 9.95. The van der Waals surface area contributed by atoms with Gasteiger partial charge in [-0.1, -0.05) is 6.07 Å². The van der Waals surface area contributed by atoms with Gasteiger partial charge in [0, 0.05) is 25.1 Å². The first-order valence-electron chi connectivity index (χ1n) is 8.57. The van der Waals surface area contributed by atoms with Crippen molar-refractivity contribution in [1.82, 2.24) is 19.4 Å². The number of rotatable bonds is 5. The Hall–Kier alpha value is -2.21. The van der Waals surface area contributed by atoms with Gasteiger partial charge < -0.3 is 9.88 Å². The molecular weight excluding hydrogens is 302 g/mol. The van der Waals surface area contributed by atoms with Gasteiger partial charge in [-0.05, 0) is 57.8 Å². The lowest BCUT2D eigenvalue weighted by molar-refractivity contribution is -0.121. The van der Waals surface area contributed by atoms with Crippen LogP contribution >= 0.6 is 0 Å². The molecule has 24 heavy (non-hydrogen) atoms.